The van der Waals surface area contributed by atoms with E-state index in [9.17, 15) is 22.8 Å². The summed E-state index contributed by atoms with van der Waals surface area (Å²) in [6.07, 6.45) is -4.45. The van der Waals surface area contributed by atoms with Gasteiger partial charge in [0, 0.05) is 37.7 Å². The molecule has 0 radical (unpaired) electrons. The molecule has 0 spiro atoms. The van der Waals surface area contributed by atoms with E-state index >= 15 is 0 Å². The fraction of sp³-hybridized carbons (Fsp3) is 0.167. The third-order valence-electron chi connectivity index (χ3n) is 4.75. The number of rotatable bonds is 6. The Kier molecular flexibility index (Phi) is 7.22. The minimum absolute atomic E-state index is 0.200. The van der Waals surface area contributed by atoms with Crippen molar-refractivity contribution < 1.29 is 22.8 Å². The number of hydrogen-bond acceptors (Lipinski definition) is 3. The summed E-state index contributed by atoms with van der Waals surface area (Å²) in [4.78, 5) is 26.9. The van der Waals surface area contributed by atoms with E-state index in [0.29, 0.717) is 23.5 Å². The first-order valence-electron chi connectivity index (χ1n) is 10.0. The molecule has 3 rings (SSSR count). The van der Waals surface area contributed by atoms with Crippen LogP contribution in [0.25, 0.3) is 0 Å². The molecule has 0 aliphatic heterocycles. The van der Waals surface area contributed by atoms with Crippen molar-refractivity contribution in [1.29, 1.82) is 0 Å². The zero-order valence-corrected chi connectivity index (χ0v) is 18.0. The SMILES string of the molecule is CN(C)c1ccc(NC(=O)Nc2ccc(C(F)(F)F)cc2)cc1C(=O)NCc1ccccc1. The molecule has 0 fully saturated rings. The summed E-state index contributed by atoms with van der Waals surface area (Å²) >= 11 is 0. The molecule has 33 heavy (non-hydrogen) atoms. The molecule has 172 valence electrons. The van der Waals surface area contributed by atoms with Crippen molar-refractivity contribution in [3.8, 4) is 0 Å². The van der Waals surface area contributed by atoms with Crippen LogP contribution >= 0.6 is 0 Å². The van der Waals surface area contributed by atoms with Gasteiger partial charge in [-0.15, -0.1) is 0 Å². The number of benzene rings is 3. The van der Waals surface area contributed by atoms with Gasteiger partial charge in [-0.1, -0.05) is 30.3 Å². The van der Waals surface area contributed by atoms with E-state index in [1.54, 1.807) is 37.2 Å². The van der Waals surface area contributed by atoms with Crippen LogP contribution in [0.15, 0.2) is 72.8 Å². The second-order valence-electron chi connectivity index (χ2n) is 7.45. The van der Waals surface area contributed by atoms with Gasteiger partial charge in [0.05, 0.1) is 11.1 Å². The van der Waals surface area contributed by atoms with Crippen molar-refractivity contribution in [3.63, 3.8) is 0 Å². The molecule has 0 bridgehead atoms. The highest BCUT2D eigenvalue weighted by molar-refractivity contribution is 6.03. The van der Waals surface area contributed by atoms with Crippen molar-refractivity contribution in [2.75, 3.05) is 29.6 Å². The van der Waals surface area contributed by atoms with E-state index in [1.807, 2.05) is 30.3 Å². The van der Waals surface area contributed by atoms with Crippen LogP contribution < -0.4 is 20.9 Å². The van der Waals surface area contributed by atoms with Crippen molar-refractivity contribution in [2.24, 2.45) is 0 Å². The maximum Gasteiger partial charge on any atom is 0.416 e. The lowest BCUT2D eigenvalue weighted by Gasteiger charge is -2.19. The number of nitrogens with zero attached hydrogens (tertiary/aromatic N) is 1. The van der Waals surface area contributed by atoms with Gasteiger partial charge in [-0.25, -0.2) is 4.79 Å². The monoisotopic (exact) mass is 456 g/mol. The molecule has 6 nitrogen and oxygen atoms in total. The molecular formula is C24H23F3N4O2. The van der Waals surface area contributed by atoms with Gasteiger partial charge in [-0.05, 0) is 48.0 Å². The van der Waals surface area contributed by atoms with Gasteiger partial charge in [-0.2, -0.15) is 13.2 Å². The van der Waals surface area contributed by atoms with Gasteiger partial charge in [0.1, 0.15) is 0 Å². The largest absolute Gasteiger partial charge is 0.416 e. The first-order valence-corrected chi connectivity index (χ1v) is 10.0. The van der Waals surface area contributed by atoms with E-state index in [2.05, 4.69) is 16.0 Å². The average Bonchev–Trinajstić information content (AvgIpc) is 2.77. The van der Waals surface area contributed by atoms with Crippen LogP contribution in [0.2, 0.25) is 0 Å². The number of urea groups is 1. The Labute approximate surface area is 189 Å². The zero-order valence-electron chi connectivity index (χ0n) is 18.0. The summed E-state index contributed by atoms with van der Waals surface area (Å²) in [6, 6.07) is 17.8. The highest BCUT2D eigenvalue weighted by Gasteiger charge is 2.30. The third-order valence-corrected chi connectivity index (χ3v) is 4.75. The summed E-state index contributed by atoms with van der Waals surface area (Å²) < 4.78 is 38.0. The van der Waals surface area contributed by atoms with E-state index < -0.39 is 17.8 Å². The van der Waals surface area contributed by atoms with Crippen LogP contribution in [0.5, 0.6) is 0 Å². The van der Waals surface area contributed by atoms with E-state index in [4.69, 9.17) is 0 Å². The van der Waals surface area contributed by atoms with Crippen LogP contribution in [0.1, 0.15) is 21.5 Å². The number of nitrogens with one attached hydrogen (secondary N) is 3. The van der Waals surface area contributed by atoms with Gasteiger partial charge in [0.25, 0.3) is 5.91 Å². The summed E-state index contributed by atoms with van der Waals surface area (Å²) in [5.74, 6) is -0.311. The van der Waals surface area contributed by atoms with Crippen molar-refractivity contribution >= 4 is 29.0 Å². The fourth-order valence-corrected chi connectivity index (χ4v) is 3.10. The fourth-order valence-electron chi connectivity index (χ4n) is 3.10. The van der Waals surface area contributed by atoms with Crippen LogP contribution in [0.3, 0.4) is 0 Å². The van der Waals surface area contributed by atoms with Crippen molar-refractivity contribution in [3.05, 3.63) is 89.5 Å². The van der Waals surface area contributed by atoms with Gasteiger partial charge < -0.3 is 20.9 Å². The molecule has 3 aromatic carbocycles. The van der Waals surface area contributed by atoms with Crippen molar-refractivity contribution in [2.45, 2.75) is 12.7 Å². The Morgan fingerprint density at radius 1 is 0.848 bits per heavy atom. The quantitative estimate of drug-likeness (QED) is 0.469. The Balaban J connectivity index is 1.70. The Morgan fingerprint density at radius 2 is 1.45 bits per heavy atom. The summed E-state index contributed by atoms with van der Waals surface area (Å²) in [5, 5.41) is 7.94. The highest BCUT2D eigenvalue weighted by Crippen LogP contribution is 2.30. The Morgan fingerprint density at radius 3 is 2.06 bits per heavy atom. The van der Waals surface area contributed by atoms with Gasteiger partial charge in [0.15, 0.2) is 0 Å². The molecule has 0 unspecified atom stereocenters. The van der Waals surface area contributed by atoms with Crippen LogP contribution in [-0.2, 0) is 12.7 Å². The number of alkyl halides is 3. The van der Waals surface area contributed by atoms with Crippen LogP contribution in [-0.4, -0.2) is 26.0 Å². The van der Waals surface area contributed by atoms with Gasteiger partial charge >= 0.3 is 12.2 Å². The molecule has 0 saturated carbocycles. The molecule has 0 atom stereocenters. The van der Waals surface area contributed by atoms with Gasteiger partial charge in [-0.3, -0.25) is 4.79 Å². The third kappa shape index (κ3) is 6.49. The minimum Gasteiger partial charge on any atom is -0.377 e. The number of anilines is 3. The predicted octanol–water partition coefficient (Wildman–Crippen LogP) is 5.35. The number of carbonyl (C=O) groups is 2. The minimum atomic E-state index is -4.45. The molecule has 3 amide bonds. The summed E-state index contributed by atoms with van der Waals surface area (Å²) in [6.45, 7) is 0.346. The maximum absolute atomic E-state index is 12.8. The van der Waals surface area contributed by atoms with Crippen LogP contribution in [0.4, 0.5) is 35.0 Å². The summed E-state index contributed by atoms with van der Waals surface area (Å²) in [7, 11) is 3.60. The first-order chi connectivity index (χ1) is 15.6. The number of hydrogen-bond donors (Lipinski definition) is 3. The standard InChI is InChI=1S/C24H23F3N4O2/c1-31(2)21-13-12-19(14-20(21)22(32)28-15-16-6-4-3-5-7-16)30-23(33)29-18-10-8-17(9-11-18)24(25,26)27/h3-14H,15H2,1-2H3,(H,28,32)(H2,29,30,33). The van der Waals surface area contributed by atoms with E-state index in [1.165, 1.54) is 12.1 Å². The topological polar surface area (TPSA) is 73.5 Å². The number of halogens is 3. The maximum atomic E-state index is 12.8. The van der Waals surface area contributed by atoms with Crippen molar-refractivity contribution in [1.82, 2.24) is 5.32 Å². The number of amides is 3. The Bertz CT molecular complexity index is 1110. The normalized spacial score (nSPS) is 10.9. The van der Waals surface area contributed by atoms with Gasteiger partial charge in [0.2, 0.25) is 0 Å². The molecule has 3 N–H and O–H groups in total. The van der Waals surface area contributed by atoms with E-state index in [0.717, 1.165) is 17.7 Å². The lowest BCUT2D eigenvalue weighted by molar-refractivity contribution is -0.137. The number of carbonyl (C=O) groups excluding carboxylic acids is 2. The molecule has 0 saturated heterocycles. The van der Waals surface area contributed by atoms with Crippen LogP contribution in [0, 0.1) is 0 Å². The smallest absolute Gasteiger partial charge is 0.377 e. The Hall–Kier alpha value is -4.01. The predicted molar refractivity (Wildman–Crippen MR) is 122 cm³/mol. The molecular weight excluding hydrogens is 433 g/mol. The zero-order chi connectivity index (χ0) is 24.0. The molecule has 0 aliphatic carbocycles. The average molecular weight is 456 g/mol. The lowest BCUT2D eigenvalue weighted by atomic mass is 10.1. The molecule has 0 aliphatic rings. The molecule has 3 aromatic rings. The first kappa shape index (κ1) is 23.6. The summed E-state index contributed by atoms with van der Waals surface area (Å²) in [5.41, 5.74) is 1.72. The second kappa shape index (κ2) is 10.1. The molecule has 0 aromatic heterocycles. The highest BCUT2D eigenvalue weighted by atomic mass is 19.4. The second-order valence-corrected chi connectivity index (χ2v) is 7.45. The van der Waals surface area contributed by atoms with E-state index in [-0.39, 0.29) is 11.6 Å². The molecule has 0 heterocycles. The lowest BCUT2D eigenvalue weighted by Crippen LogP contribution is -2.26. The molecule has 9 heteroatoms.